The number of anilines is 2. The van der Waals surface area contributed by atoms with Crippen molar-refractivity contribution >= 4 is 17.3 Å². The molecule has 2 aromatic carbocycles. The Hall–Kier alpha value is -3.40. The van der Waals surface area contributed by atoms with Gasteiger partial charge in [-0.25, -0.2) is 0 Å². The Morgan fingerprint density at radius 3 is 2.41 bits per heavy atom. The van der Waals surface area contributed by atoms with Crippen LogP contribution in [0.4, 0.5) is 24.5 Å². The number of nitrogens with zero attached hydrogens (tertiary/aromatic N) is 4. The number of nitrogens with one attached hydrogen (secondary N) is 2. The SMILES string of the molecule is CC1CC(c2cc(NC3CCCC3)cc(N3Cc4c(cc(CNC5(C)CCC5)cc4C(F)(F)F)C3=O)c2)(c2nncn2C)C1. The molecule has 0 radical (unpaired) electrons. The Labute approximate surface area is 256 Å². The van der Waals surface area contributed by atoms with Crippen LogP contribution in [-0.2, 0) is 31.7 Å². The minimum Gasteiger partial charge on any atom is -0.382 e. The van der Waals surface area contributed by atoms with Gasteiger partial charge in [0.25, 0.3) is 5.91 Å². The predicted octanol–water partition coefficient (Wildman–Crippen LogP) is 7.10. The Balaban J connectivity index is 1.28. The summed E-state index contributed by atoms with van der Waals surface area (Å²) in [6.45, 7) is 4.49. The summed E-state index contributed by atoms with van der Waals surface area (Å²) in [6, 6.07) is 9.32. The number of amides is 1. The molecule has 44 heavy (non-hydrogen) atoms. The van der Waals surface area contributed by atoms with Crippen molar-refractivity contribution in [2.24, 2.45) is 13.0 Å². The molecule has 1 aliphatic heterocycles. The summed E-state index contributed by atoms with van der Waals surface area (Å²) in [6.07, 6.45) is 6.50. The van der Waals surface area contributed by atoms with E-state index >= 15 is 0 Å². The number of aromatic nitrogens is 3. The van der Waals surface area contributed by atoms with E-state index in [-0.39, 0.29) is 34.5 Å². The predicted molar refractivity (Wildman–Crippen MR) is 164 cm³/mol. The maximum Gasteiger partial charge on any atom is 0.416 e. The lowest BCUT2D eigenvalue weighted by atomic mass is 9.58. The number of halogens is 3. The zero-order chi connectivity index (χ0) is 30.9. The summed E-state index contributed by atoms with van der Waals surface area (Å²) in [5.74, 6) is 0.968. The number of alkyl halides is 3. The summed E-state index contributed by atoms with van der Waals surface area (Å²) in [7, 11) is 1.94. The number of aryl methyl sites for hydroxylation is 1. The van der Waals surface area contributed by atoms with Crippen molar-refractivity contribution in [3.05, 3.63) is 70.3 Å². The van der Waals surface area contributed by atoms with Crippen LogP contribution in [0.15, 0.2) is 36.7 Å². The van der Waals surface area contributed by atoms with Crippen molar-refractivity contribution in [3.63, 3.8) is 0 Å². The number of hydrogen-bond donors (Lipinski definition) is 2. The van der Waals surface area contributed by atoms with E-state index in [0.717, 1.165) is 62.0 Å². The summed E-state index contributed by atoms with van der Waals surface area (Å²) in [5, 5.41) is 15.8. The molecular formula is C34H41F3N6O. The Morgan fingerprint density at radius 1 is 1.05 bits per heavy atom. The van der Waals surface area contributed by atoms with Crippen molar-refractivity contribution in [1.29, 1.82) is 0 Å². The Bertz CT molecular complexity index is 1580. The first-order valence-corrected chi connectivity index (χ1v) is 16.0. The minimum absolute atomic E-state index is 0.0529. The molecule has 234 valence electrons. The van der Waals surface area contributed by atoms with Crippen molar-refractivity contribution in [3.8, 4) is 0 Å². The second kappa shape index (κ2) is 10.6. The van der Waals surface area contributed by atoms with Gasteiger partial charge in [0.05, 0.1) is 17.5 Å². The normalized spacial score (nSPS) is 24.7. The monoisotopic (exact) mass is 606 g/mol. The molecule has 0 bridgehead atoms. The van der Waals surface area contributed by atoms with Gasteiger partial charge in [0.1, 0.15) is 12.2 Å². The summed E-state index contributed by atoms with van der Waals surface area (Å²) in [5.41, 5.74) is 2.05. The number of carbonyl (C=O) groups is 1. The lowest BCUT2D eigenvalue weighted by Crippen LogP contribution is -2.47. The molecule has 0 atom stereocenters. The average molecular weight is 607 g/mol. The van der Waals surface area contributed by atoms with Gasteiger partial charge in [0, 0.05) is 42.1 Å². The highest BCUT2D eigenvalue weighted by Crippen LogP contribution is 2.53. The number of carbonyl (C=O) groups excluding carboxylic acids is 1. The maximum atomic E-state index is 14.5. The van der Waals surface area contributed by atoms with Crippen LogP contribution in [0.2, 0.25) is 0 Å². The van der Waals surface area contributed by atoms with E-state index < -0.39 is 11.7 Å². The van der Waals surface area contributed by atoms with Crippen molar-refractivity contribution in [2.45, 2.75) is 108 Å². The van der Waals surface area contributed by atoms with Gasteiger partial charge in [-0.2, -0.15) is 13.2 Å². The van der Waals surface area contributed by atoms with Crippen LogP contribution in [0.5, 0.6) is 0 Å². The van der Waals surface area contributed by atoms with Gasteiger partial charge in [-0.3, -0.25) is 4.79 Å². The topological polar surface area (TPSA) is 75.1 Å². The fraction of sp³-hybridized carbons (Fsp3) is 0.559. The Kier molecular flexibility index (Phi) is 7.06. The van der Waals surface area contributed by atoms with E-state index in [0.29, 0.717) is 29.8 Å². The van der Waals surface area contributed by atoms with Gasteiger partial charge >= 0.3 is 6.18 Å². The van der Waals surface area contributed by atoms with E-state index in [1.54, 1.807) is 12.4 Å². The van der Waals surface area contributed by atoms with Crippen LogP contribution in [0.3, 0.4) is 0 Å². The number of benzene rings is 2. The molecule has 7 nitrogen and oxygen atoms in total. The van der Waals surface area contributed by atoms with Crippen LogP contribution in [0, 0.1) is 5.92 Å². The molecule has 1 amide bonds. The lowest BCUT2D eigenvalue weighted by molar-refractivity contribution is -0.138. The first-order chi connectivity index (χ1) is 20.9. The summed E-state index contributed by atoms with van der Waals surface area (Å²) >= 11 is 0. The van der Waals surface area contributed by atoms with Crippen molar-refractivity contribution in [2.75, 3.05) is 10.2 Å². The number of hydrogen-bond acceptors (Lipinski definition) is 5. The Morgan fingerprint density at radius 2 is 1.80 bits per heavy atom. The van der Waals surface area contributed by atoms with Gasteiger partial charge in [-0.15, -0.1) is 10.2 Å². The highest BCUT2D eigenvalue weighted by Gasteiger charge is 2.49. The fourth-order valence-electron chi connectivity index (χ4n) is 8.06. The summed E-state index contributed by atoms with van der Waals surface area (Å²) in [4.78, 5) is 15.6. The lowest BCUT2D eigenvalue weighted by Gasteiger charge is -2.46. The molecule has 3 aromatic rings. The first kappa shape index (κ1) is 29.3. The van der Waals surface area contributed by atoms with Gasteiger partial charge in [0.2, 0.25) is 0 Å². The van der Waals surface area contributed by atoms with Gasteiger partial charge < -0.3 is 20.1 Å². The highest BCUT2D eigenvalue weighted by atomic mass is 19.4. The van der Waals surface area contributed by atoms with Crippen LogP contribution in [-0.4, -0.2) is 32.3 Å². The van der Waals surface area contributed by atoms with Crippen LogP contribution in [0.1, 0.15) is 110 Å². The molecule has 3 saturated carbocycles. The second-order valence-corrected chi connectivity index (χ2v) is 14.1. The largest absolute Gasteiger partial charge is 0.416 e. The fourth-order valence-corrected chi connectivity index (χ4v) is 8.06. The van der Waals surface area contributed by atoms with E-state index in [2.05, 4.69) is 40.7 Å². The number of fused-ring (bicyclic) bond motifs is 1. The van der Waals surface area contributed by atoms with E-state index in [4.69, 9.17) is 0 Å². The molecule has 3 aliphatic carbocycles. The molecule has 1 aromatic heterocycles. The minimum atomic E-state index is -4.56. The van der Waals surface area contributed by atoms with Gasteiger partial charge in [-0.05, 0) is 105 Å². The third-order valence-electron chi connectivity index (χ3n) is 10.6. The van der Waals surface area contributed by atoms with Crippen LogP contribution in [0.25, 0.3) is 0 Å². The molecular weight excluding hydrogens is 565 g/mol. The zero-order valence-electron chi connectivity index (χ0n) is 25.7. The molecule has 10 heteroatoms. The first-order valence-electron chi connectivity index (χ1n) is 16.0. The van der Waals surface area contributed by atoms with E-state index in [1.165, 1.54) is 23.8 Å². The van der Waals surface area contributed by atoms with Crippen LogP contribution < -0.4 is 15.5 Å². The van der Waals surface area contributed by atoms with Crippen molar-refractivity contribution in [1.82, 2.24) is 20.1 Å². The molecule has 2 N–H and O–H groups in total. The third kappa shape index (κ3) is 5.08. The molecule has 0 unspecified atom stereocenters. The molecule has 3 fully saturated rings. The van der Waals surface area contributed by atoms with Crippen molar-refractivity contribution < 1.29 is 18.0 Å². The molecule has 0 spiro atoms. The smallest absolute Gasteiger partial charge is 0.382 e. The van der Waals surface area contributed by atoms with E-state index in [9.17, 15) is 18.0 Å². The van der Waals surface area contributed by atoms with Gasteiger partial charge in [0.15, 0.2) is 0 Å². The second-order valence-electron chi connectivity index (χ2n) is 14.1. The third-order valence-corrected chi connectivity index (χ3v) is 10.6. The molecule has 2 heterocycles. The van der Waals surface area contributed by atoms with Crippen LogP contribution >= 0.6 is 0 Å². The quantitative estimate of drug-likeness (QED) is 0.286. The molecule has 7 rings (SSSR count). The standard InChI is InChI=1S/C34H41F3N6O/c1-21-16-33(17-21,31-41-39-20-42(31)3)23-13-25(40-24-7-4-5-8-24)15-26(14-23)43-19-28-27(30(43)44)11-22(12-29(28)34(35,36)37)18-38-32(2)9-6-10-32/h11-15,20-21,24,38,40H,4-10,16-19H2,1-3H3. The average Bonchev–Trinajstić information content (AvgIpc) is 3.69. The number of rotatable bonds is 8. The molecule has 4 aliphatic rings. The zero-order valence-corrected chi connectivity index (χ0v) is 25.7. The summed E-state index contributed by atoms with van der Waals surface area (Å²) < 4.78 is 45.3. The molecule has 0 saturated heterocycles. The van der Waals surface area contributed by atoms with E-state index in [1.807, 2.05) is 23.7 Å². The maximum absolute atomic E-state index is 14.5. The highest BCUT2D eigenvalue weighted by molar-refractivity contribution is 6.10. The van der Waals surface area contributed by atoms with Gasteiger partial charge in [-0.1, -0.05) is 19.8 Å².